The van der Waals surface area contributed by atoms with Gasteiger partial charge < -0.3 is 30.4 Å². The maximum atomic E-state index is 14.6. The van der Waals surface area contributed by atoms with Crippen molar-refractivity contribution in [2.75, 3.05) is 102 Å². The molecule has 0 bridgehead atoms. The van der Waals surface area contributed by atoms with Crippen LogP contribution in [0.25, 0.3) is 0 Å². The number of carbonyl (C=O) groups excluding carboxylic acids is 3. The second-order valence-electron chi connectivity index (χ2n) is 29.3. The highest BCUT2D eigenvalue weighted by molar-refractivity contribution is 6.04. The highest BCUT2D eigenvalue weighted by atomic mass is 16.4. The number of nitrogens with zero attached hydrogens (tertiary/aromatic N) is 5. The van der Waals surface area contributed by atoms with E-state index in [-0.39, 0.29) is 23.4 Å². The van der Waals surface area contributed by atoms with Crippen molar-refractivity contribution in [1.29, 1.82) is 0 Å². The number of carboxylic acids is 1. The molecule has 4 aromatic carbocycles. The molecule has 4 atom stereocenters. The number of Topliss-reactive ketones (excluding diaryl/α,β-unsaturated/α-hetero) is 2. The number of carboxylic acid groups (broad SMARTS) is 1. The van der Waals surface area contributed by atoms with E-state index >= 15 is 0 Å². The number of aliphatic carboxylic acids is 1. The molecule has 4 heterocycles. The molecule has 0 aromatic heterocycles. The average Bonchev–Trinajstić information content (AvgIpc) is 0.792. The Kier molecular flexibility index (Phi) is 37.7. The van der Waals surface area contributed by atoms with Gasteiger partial charge in [-0.1, -0.05) is 198 Å². The second kappa shape index (κ2) is 45.4. The molecular formula is C85H135N7O5. The summed E-state index contributed by atoms with van der Waals surface area (Å²) in [6, 6.07) is 33.2. The van der Waals surface area contributed by atoms with Crippen molar-refractivity contribution in [3.8, 4) is 0 Å². The smallest absolute Gasteiger partial charge is 0.310 e. The predicted octanol–water partition coefficient (Wildman–Crippen LogP) is 18.7. The monoisotopic (exact) mass is 1330 g/mol. The molecule has 4 fully saturated rings. The normalized spacial score (nSPS) is 17.1. The van der Waals surface area contributed by atoms with E-state index < -0.39 is 23.0 Å². The van der Waals surface area contributed by atoms with Crippen molar-refractivity contribution in [1.82, 2.24) is 25.3 Å². The zero-order valence-corrected chi connectivity index (χ0v) is 62.5. The molecule has 0 radical (unpaired) electrons. The molecule has 4 aliphatic heterocycles. The van der Waals surface area contributed by atoms with Gasteiger partial charge in [-0.2, -0.15) is 0 Å². The molecule has 4 unspecified atom stereocenters. The summed E-state index contributed by atoms with van der Waals surface area (Å²) >= 11 is 0. The second-order valence-corrected chi connectivity index (χ2v) is 29.3. The molecular weight excluding hydrogens is 1200 g/mol. The Balaban J connectivity index is 0.000000283. The first-order chi connectivity index (χ1) is 47.2. The van der Waals surface area contributed by atoms with Crippen LogP contribution in [0, 0.1) is 0 Å². The Hall–Kier alpha value is -5.40. The quantitative estimate of drug-likeness (QED) is 0.0291. The number of carbonyl (C=O) groups is 4. The minimum Gasteiger partial charge on any atom is -0.481 e. The maximum absolute atomic E-state index is 14.6. The summed E-state index contributed by atoms with van der Waals surface area (Å²) in [5.74, 6) is -0.952. The van der Waals surface area contributed by atoms with Crippen molar-refractivity contribution in [2.24, 2.45) is 0 Å². The van der Waals surface area contributed by atoms with Crippen molar-refractivity contribution in [2.45, 2.75) is 276 Å². The SMILES string of the molecule is C1CCNCC1.CCCCCCCCCCCCN(C)C(CC)(Cc1ccc(C(C)C(=O)N2CCNCC2)cc1)C(=O)c1ccc(N2CCCCC2)cc1.CCCCCCCCCCCCN(C)C(CC)(Cc1ccc(C(C)C(=O)O)cc1)C(=O)c1ccc(N2CCCCC2)cc1. The molecule has 540 valence electrons. The van der Waals surface area contributed by atoms with Gasteiger partial charge in [-0.25, -0.2) is 0 Å². The van der Waals surface area contributed by atoms with Crippen LogP contribution in [0.1, 0.15) is 295 Å². The van der Waals surface area contributed by atoms with Crippen LogP contribution in [0.4, 0.5) is 11.4 Å². The van der Waals surface area contributed by atoms with Gasteiger partial charge >= 0.3 is 5.97 Å². The Bertz CT molecular complexity index is 2780. The lowest BCUT2D eigenvalue weighted by atomic mass is 9.79. The molecule has 4 saturated heterocycles. The van der Waals surface area contributed by atoms with Gasteiger partial charge in [0.2, 0.25) is 5.91 Å². The Morgan fingerprint density at radius 2 is 0.742 bits per heavy atom. The summed E-state index contributed by atoms with van der Waals surface area (Å²) in [6.07, 6.45) is 40.5. The van der Waals surface area contributed by atoms with Crippen molar-refractivity contribution in [3.05, 3.63) is 130 Å². The molecule has 0 spiro atoms. The van der Waals surface area contributed by atoms with E-state index in [9.17, 15) is 24.3 Å². The third kappa shape index (κ3) is 26.3. The standard InChI is InChI=1S/C42H66N4O2.C38H58N2O3.C5H11N/c1-5-7-8-9-10-11-12-13-14-16-29-44(4)42(6-2,40(47)38-23-25-39(26-24-38)45-30-17-15-18-31-45)34-36-19-21-37(22-20-36)35(3)41(48)46-32-27-43-28-33-46;1-5-7-8-9-10-11-12-13-14-16-27-39(4)38(6-2,30-32-19-21-33(22-20-32)31(3)37(42)43)36(41)34-23-25-35(26-24-34)40-28-17-15-18-29-40;1-2-4-6-5-3-1/h19-26,35,43H,5-18,27-34H2,1-4H3;19-26,31H,5-18,27-30H2,1-4H3,(H,42,43);6H,1-5H2. The summed E-state index contributed by atoms with van der Waals surface area (Å²) < 4.78 is 0. The highest BCUT2D eigenvalue weighted by Gasteiger charge is 2.43. The van der Waals surface area contributed by atoms with Crippen molar-refractivity contribution in [3.63, 3.8) is 0 Å². The van der Waals surface area contributed by atoms with Gasteiger partial charge in [-0.05, 0) is 215 Å². The molecule has 1 amide bonds. The van der Waals surface area contributed by atoms with Crippen molar-refractivity contribution >= 4 is 34.8 Å². The summed E-state index contributed by atoms with van der Waals surface area (Å²) in [7, 11) is 4.29. The van der Waals surface area contributed by atoms with Crippen LogP contribution in [0.5, 0.6) is 0 Å². The van der Waals surface area contributed by atoms with Crippen molar-refractivity contribution < 1.29 is 24.3 Å². The molecule has 12 heteroatoms. The number of ketones is 2. The predicted molar refractivity (Wildman–Crippen MR) is 410 cm³/mol. The van der Waals surface area contributed by atoms with Crippen LogP contribution in [-0.2, 0) is 22.4 Å². The summed E-state index contributed by atoms with van der Waals surface area (Å²) in [5, 5.41) is 16.1. The molecule has 3 N–H and O–H groups in total. The fourth-order valence-electron chi connectivity index (χ4n) is 15.2. The first-order valence-corrected chi connectivity index (χ1v) is 39.5. The minimum atomic E-state index is -0.824. The average molecular weight is 1340 g/mol. The molecule has 4 aromatic rings. The molecule has 8 rings (SSSR count). The largest absolute Gasteiger partial charge is 0.481 e. The number of nitrogens with one attached hydrogen (secondary N) is 2. The maximum Gasteiger partial charge on any atom is 0.310 e. The number of benzene rings is 4. The van der Waals surface area contributed by atoms with E-state index in [4.69, 9.17) is 0 Å². The number of hydrogen-bond acceptors (Lipinski definition) is 10. The number of piperazine rings is 1. The number of piperidine rings is 3. The van der Waals surface area contributed by atoms with E-state index in [0.717, 1.165) is 118 Å². The van der Waals surface area contributed by atoms with E-state index in [1.54, 1.807) is 6.92 Å². The first kappa shape index (κ1) is 80.6. The number of hydrogen-bond donors (Lipinski definition) is 3. The minimum absolute atomic E-state index is 0.174. The van der Waals surface area contributed by atoms with Gasteiger partial charge in [0.1, 0.15) is 0 Å². The van der Waals surface area contributed by atoms with Crippen LogP contribution in [0.2, 0.25) is 0 Å². The van der Waals surface area contributed by atoms with Gasteiger partial charge in [0.25, 0.3) is 0 Å². The summed E-state index contributed by atoms with van der Waals surface area (Å²) in [4.78, 5) is 65.3. The Labute approximate surface area is 590 Å². The van der Waals surface area contributed by atoms with E-state index in [1.807, 2.05) is 48.2 Å². The van der Waals surface area contributed by atoms with Crippen LogP contribution in [0.15, 0.2) is 97.1 Å². The van der Waals surface area contributed by atoms with E-state index in [0.29, 0.717) is 19.3 Å². The molecule has 4 aliphatic rings. The zero-order chi connectivity index (χ0) is 69.5. The van der Waals surface area contributed by atoms with Gasteiger partial charge in [0.05, 0.1) is 22.9 Å². The number of unbranched alkanes of at least 4 members (excludes halogenated alkanes) is 18. The molecule has 0 aliphatic carbocycles. The fraction of sp³-hybridized carbons (Fsp3) is 0.671. The lowest BCUT2D eigenvalue weighted by molar-refractivity contribution is -0.138. The van der Waals surface area contributed by atoms with Gasteiger partial charge in [-0.15, -0.1) is 0 Å². The highest BCUT2D eigenvalue weighted by Crippen LogP contribution is 2.34. The number of anilines is 2. The van der Waals surface area contributed by atoms with E-state index in [2.05, 4.69) is 133 Å². The summed E-state index contributed by atoms with van der Waals surface area (Å²) in [6.45, 7) is 24.5. The number of rotatable bonds is 40. The number of likely N-dealkylation sites (N-methyl/N-ethyl adjacent to an activating group) is 2. The van der Waals surface area contributed by atoms with Gasteiger partial charge in [0, 0.05) is 74.9 Å². The third-order valence-electron chi connectivity index (χ3n) is 22.2. The van der Waals surface area contributed by atoms with Gasteiger partial charge in [-0.3, -0.25) is 29.0 Å². The molecule has 97 heavy (non-hydrogen) atoms. The van der Waals surface area contributed by atoms with Crippen LogP contribution < -0.4 is 20.4 Å². The lowest BCUT2D eigenvalue weighted by Crippen LogP contribution is -2.54. The summed E-state index contributed by atoms with van der Waals surface area (Å²) in [5.41, 5.74) is 6.77. The Morgan fingerprint density at radius 1 is 0.412 bits per heavy atom. The van der Waals surface area contributed by atoms with Gasteiger partial charge in [0.15, 0.2) is 11.6 Å². The zero-order valence-electron chi connectivity index (χ0n) is 62.5. The fourth-order valence-corrected chi connectivity index (χ4v) is 15.2. The third-order valence-corrected chi connectivity index (χ3v) is 22.2. The lowest BCUT2D eigenvalue weighted by Gasteiger charge is -2.41. The van der Waals surface area contributed by atoms with Crippen LogP contribution >= 0.6 is 0 Å². The van der Waals surface area contributed by atoms with Crippen LogP contribution in [-0.4, -0.2) is 147 Å². The van der Waals surface area contributed by atoms with E-state index in [1.165, 1.54) is 198 Å². The molecule has 0 saturated carbocycles. The topological polar surface area (TPSA) is 129 Å². The number of amides is 1. The van der Waals surface area contributed by atoms with Crippen LogP contribution in [0.3, 0.4) is 0 Å². The Morgan fingerprint density at radius 3 is 1.06 bits per heavy atom. The molecule has 12 nitrogen and oxygen atoms in total. The first-order valence-electron chi connectivity index (χ1n) is 39.5.